The fraction of sp³-hybridized carbons (Fsp3) is 0.158. The SMILES string of the molecule is COc1ccc(OC)c(C(=O)Nc2ccc(Sc3nccn3C)cc2)c1. The Morgan fingerprint density at radius 1 is 1.12 bits per heavy atom. The maximum atomic E-state index is 12.6. The fourth-order valence-corrected chi connectivity index (χ4v) is 3.15. The molecule has 0 radical (unpaired) electrons. The van der Waals surface area contributed by atoms with Gasteiger partial charge in [0.15, 0.2) is 5.16 Å². The number of nitrogens with one attached hydrogen (secondary N) is 1. The maximum absolute atomic E-state index is 12.6. The van der Waals surface area contributed by atoms with Gasteiger partial charge in [-0.2, -0.15) is 0 Å². The minimum Gasteiger partial charge on any atom is -0.497 e. The van der Waals surface area contributed by atoms with E-state index < -0.39 is 0 Å². The van der Waals surface area contributed by atoms with Crippen molar-refractivity contribution >= 4 is 23.4 Å². The number of amides is 1. The molecule has 0 bridgehead atoms. The largest absolute Gasteiger partial charge is 0.497 e. The van der Waals surface area contributed by atoms with Gasteiger partial charge in [-0.15, -0.1) is 0 Å². The van der Waals surface area contributed by atoms with Crippen LogP contribution < -0.4 is 14.8 Å². The normalized spacial score (nSPS) is 10.4. The fourth-order valence-electron chi connectivity index (χ4n) is 2.35. The number of aryl methyl sites for hydroxylation is 1. The highest BCUT2D eigenvalue weighted by atomic mass is 32.2. The summed E-state index contributed by atoms with van der Waals surface area (Å²) in [4.78, 5) is 17.9. The Labute approximate surface area is 156 Å². The molecule has 0 unspecified atom stereocenters. The summed E-state index contributed by atoms with van der Waals surface area (Å²) in [6.45, 7) is 0. The van der Waals surface area contributed by atoms with Crippen LogP contribution in [0.5, 0.6) is 11.5 Å². The van der Waals surface area contributed by atoms with Gasteiger partial charge in [0.2, 0.25) is 0 Å². The molecule has 0 spiro atoms. The third kappa shape index (κ3) is 4.00. The number of nitrogens with zero attached hydrogens (tertiary/aromatic N) is 2. The molecule has 0 fully saturated rings. The van der Waals surface area contributed by atoms with Gasteiger partial charge >= 0.3 is 0 Å². The summed E-state index contributed by atoms with van der Waals surface area (Å²) in [5, 5.41) is 3.78. The van der Waals surface area contributed by atoms with Crippen molar-refractivity contribution < 1.29 is 14.3 Å². The second-order valence-electron chi connectivity index (χ2n) is 5.47. The zero-order valence-electron chi connectivity index (χ0n) is 14.7. The third-order valence-corrected chi connectivity index (χ3v) is 4.83. The van der Waals surface area contributed by atoms with Crippen LogP contribution in [-0.2, 0) is 7.05 Å². The van der Waals surface area contributed by atoms with Gasteiger partial charge in [0.1, 0.15) is 11.5 Å². The average Bonchev–Trinajstić information content (AvgIpc) is 3.07. The topological polar surface area (TPSA) is 65.4 Å². The van der Waals surface area contributed by atoms with Crippen molar-refractivity contribution in [2.75, 3.05) is 19.5 Å². The summed E-state index contributed by atoms with van der Waals surface area (Å²) >= 11 is 1.56. The highest BCUT2D eigenvalue weighted by molar-refractivity contribution is 7.99. The molecule has 1 N–H and O–H groups in total. The Balaban J connectivity index is 1.73. The van der Waals surface area contributed by atoms with Gasteiger partial charge in [0.25, 0.3) is 5.91 Å². The zero-order valence-corrected chi connectivity index (χ0v) is 15.5. The van der Waals surface area contributed by atoms with Gasteiger partial charge in [-0.05, 0) is 42.5 Å². The second kappa shape index (κ2) is 7.97. The third-order valence-electron chi connectivity index (χ3n) is 3.75. The van der Waals surface area contributed by atoms with E-state index in [1.807, 2.05) is 42.1 Å². The number of benzene rings is 2. The van der Waals surface area contributed by atoms with Gasteiger partial charge in [-0.25, -0.2) is 4.98 Å². The number of carbonyl (C=O) groups is 1. The number of imidazole rings is 1. The van der Waals surface area contributed by atoms with Gasteiger partial charge in [0, 0.05) is 30.0 Å². The maximum Gasteiger partial charge on any atom is 0.259 e. The minimum atomic E-state index is -0.259. The van der Waals surface area contributed by atoms with Crippen LogP contribution in [0.4, 0.5) is 5.69 Å². The highest BCUT2D eigenvalue weighted by Gasteiger charge is 2.14. The monoisotopic (exact) mass is 369 g/mol. The Kier molecular flexibility index (Phi) is 5.48. The Morgan fingerprint density at radius 3 is 2.50 bits per heavy atom. The van der Waals surface area contributed by atoms with Gasteiger partial charge < -0.3 is 19.4 Å². The van der Waals surface area contributed by atoms with E-state index in [9.17, 15) is 4.79 Å². The summed E-state index contributed by atoms with van der Waals surface area (Å²) in [7, 11) is 5.04. The van der Waals surface area contributed by atoms with Crippen LogP contribution in [0.1, 0.15) is 10.4 Å². The van der Waals surface area contributed by atoms with Crippen molar-refractivity contribution in [3.63, 3.8) is 0 Å². The van der Waals surface area contributed by atoms with E-state index in [1.165, 1.54) is 7.11 Å². The molecule has 7 heteroatoms. The van der Waals surface area contributed by atoms with E-state index in [0.29, 0.717) is 22.7 Å². The van der Waals surface area contributed by atoms with Crippen LogP contribution in [0, 0.1) is 0 Å². The van der Waals surface area contributed by atoms with Crippen molar-refractivity contribution in [3.8, 4) is 11.5 Å². The van der Waals surface area contributed by atoms with E-state index in [1.54, 1.807) is 43.3 Å². The molecule has 1 amide bonds. The quantitative estimate of drug-likeness (QED) is 0.715. The lowest BCUT2D eigenvalue weighted by atomic mass is 10.1. The molecular formula is C19H19N3O3S. The number of methoxy groups -OCH3 is 2. The first kappa shape index (κ1) is 17.9. The van der Waals surface area contributed by atoms with E-state index in [2.05, 4.69) is 10.3 Å². The first-order valence-electron chi connectivity index (χ1n) is 7.89. The smallest absolute Gasteiger partial charge is 0.259 e. The lowest BCUT2D eigenvalue weighted by Crippen LogP contribution is -2.13. The predicted molar refractivity (Wildman–Crippen MR) is 101 cm³/mol. The first-order chi connectivity index (χ1) is 12.6. The number of carbonyl (C=O) groups excluding carboxylic acids is 1. The molecule has 1 heterocycles. The number of anilines is 1. The number of rotatable bonds is 6. The Hall–Kier alpha value is -2.93. The summed E-state index contributed by atoms with van der Waals surface area (Å²) in [6, 6.07) is 12.7. The predicted octanol–water partition coefficient (Wildman–Crippen LogP) is 3.84. The molecule has 0 aliphatic rings. The molecule has 0 saturated carbocycles. The number of hydrogen-bond donors (Lipinski definition) is 1. The molecule has 0 aliphatic carbocycles. The average molecular weight is 369 g/mol. The Bertz CT molecular complexity index is 907. The first-order valence-corrected chi connectivity index (χ1v) is 8.71. The molecule has 0 saturated heterocycles. The van der Waals surface area contributed by atoms with Crippen molar-refractivity contribution in [2.24, 2.45) is 7.05 Å². The number of hydrogen-bond acceptors (Lipinski definition) is 5. The molecule has 3 aromatic rings. The van der Waals surface area contributed by atoms with E-state index in [0.717, 1.165) is 10.1 Å². The van der Waals surface area contributed by atoms with Crippen molar-refractivity contribution in [2.45, 2.75) is 10.1 Å². The summed E-state index contributed by atoms with van der Waals surface area (Å²) in [5.41, 5.74) is 1.11. The van der Waals surface area contributed by atoms with Gasteiger partial charge in [0.05, 0.1) is 19.8 Å². The molecule has 26 heavy (non-hydrogen) atoms. The molecular weight excluding hydrogens is 350 g/mol. The number of ether oxygens (including phenoxy) is 2. The molecule has 1 aromatic heterocycles. The summed E-state index contributed by atoms with van der Waals surface area (Å²) in [6.07, 6.45) is 3.66. The second-order valence-corrected chi connectivity index (χ2v) is 6.51. The van der Waals surface area contributed by atoms with Crippen LogP contribution >= 0.6 is 11.8 Å². The van der Waals surface area contributed by atoms with Gasteiger partial charge in [-0.1, -0.05) is 11.8 Å². The summed E-state index contributed by atoms with van der Waals surface area (Å²) < 4.78 is 12.4. The molecule has 134 valence electrons. The highest BCUT2D eigenvalue weighted by Crippen LogP contribution is 2.28. The van der Waals surface area contributed by atoms with Crippen LogP contribution in [-0.4, -0.2) is 29.7 Å². The zero-order chi connectivity index (χ0) is 18.5. The van der Waals surface area contributed by atoms with Crippen molar-refractivity contribution in [1.29, 1.82) is 0 Å². The van der Waals surface area contributed by atoms with Gasteiger partial charge in [-0.3, -0.25) is 4.79 Å². The Morgan fingerprint density at radius 2 is 1.88 bits per heavy atom. The van der Waals surface area contributed by atoms with Crippen LogP contribution in [0.2, 0.25) is 0 Å². The molecule has 2 aromatic carbocycles. The lowest BCUT2D eigenvalue weighted by molar-refractivity contribution is 0.102. The van der Waals surface area contributed by atoms with E-state index in [-0.39, 0.29) is 5.91 Å². The van der Waals surface area contributed by atoms with Crippen LogP contribution in [0.25, 0.3) is 0 Å². The molecule has 0 atom stereocenters. The van der Waals surface area contributed by atoms with Crippen molar-refractivity contribution in [1.82, 2.24) is 9.55 Å². The summed E-state index contributed by atoms with van der Waals surface area (Å²) in [5.74, 6) is 0.827. The lowest BCUT2D eigenvalue weighted by Gasteiger charge is -2.11. The minimum absolute atomic E-state index is 0.259. The van der Waals surface area contributed by atoms with Crippen LogP contribution in [0.3, 0.4) is 0 Å². The van der Waals surface area contributed by atoms with E-state index >= 15 is 0 Å². The van der Waals surface area contributed by atoms with Crippen molar-refractivity contribution in [3.05, 3.63) is 60.4 Å². The standard InChI is InChI=1S/C19H19N3O3S/c1-22-11-10-20-19(22)26-15-7-4-13(5-8-15)21-18(23)16-12-14(24-2)6-9-17(16)25-3/h4-12H,1-3H3,(H,21,23). The molecule has 6 nitrogen and oxygen atoms in total. The van der Waals surface area contributed by atoms with Crippen LogP contribution in [0.15, 0.2) is 64.9 Å². The van der Waals surface area contributed by atoms with E-state index in [4.69, 9.17) is 9.47 Å². The molecule has 3 rings (SSSR count). The molecule has 0 aliphatic heterocycles. The number of aromatic nitrogens is 2.